The van der Waals surface area contributed by atoms with Crippen molar-refractivity contribution in [2.75, 3.05) is 6.54 Å². The van der Waals surface area contributed by atoms with Crippen LogP contribution in [0.15, 0.2) is 0 Å². The van der Waals surface area contributed by atoms with Crippen molar-refractivity contribution in [3.8, 4) is 0 Å². The highest BCUT2D eigenvalue weighted by Crippen LogP contribution is 2.21. The van der Waals surface area contributed by atoms with Gasteiger partial charge in [-0.15, -0.1) is 0 Å². The maximum absolute atomic E-state index is 13.2. The molecule has 4 amide bonds. The first kappa shape index (κ1) is 27.3. The molecule has 5 unspecified atom stereocenters. The molecule has 1 aliphatic rings. The summed E-state index contributed by atoms with van der Waals surface area (Å²) in [5.74, 6) is -3.80. The fourth-order valence-electron chi connectivity index (χ4n) is 3.62. The van der Waals surface area contributed by atoms with Crippen LogP contribution in [0.1, 0.15) is 59.8 Å². The number of hydrogen-bond donors (Lipinski definition) is 5. The van der Waals surface area contributed by atoms with E-state index in [4.69, 9.17) is 11.5 Å². The molecule has 1 rings (SSSR count). The van der Waals surface area contributed by atoms with Crippen LogP contribution in [-0.4, -0.2) is 70.3 Å². The second-order valence-electron chi connectivity index (χ2n) is 8.74. The van der Waals surface area contributed by atoms with E-state index in [1.54, 1.807) is 20.8 Å². The number of amides is 4. The zero-order valence-electron chi connectivity index (χ0n) is 19.3. The number of likely N-dealkylation sites (tertiary alicyclic amines) is 1. The first-order chi connectivity index (χ1) is 14.9. The Labute approximate surface area is 188 Å². The number of carbonyl (C=O) groups excluding carboxylic acids is 4. The SMILES string of the molecule is CCC(C)C(NC(=O)C(NC(=O)C(N)CCC(N)=O)C(C)C)C(=O)N1CCCC1C(=O)O. The zero-order chi connectivity index (χ0) is 24.6. The van der Waals surface area contributed by atoms with E-state index in [0.717, 1.165) is 0 Å². The van der Waals surface area contributed by atoms with Gasteiger partial charge in [-0.2, -0.15) is 0 Å². The fraction of sp³-hybridized carbons (Fsp3) is 0.762. The van der Waals surface area contributed by atoms with Gasteiger partial charge >= 0.3 is 5.97 Å². The highest BCUT2D eigenvalue weighted by molar-refractivity contribution is 5.94. The quantitative estimate of drug-likeness (QED) is 0.258. The number of hydrogen-bond acceptors (Lipinski definition) is 6. The van der Waals surface area contributed by atoms with Crippen LogP contribution in [-0.2, 0) is 24.0 Å². The van der Waals surface area contributed by atoms with Crippen LogP contribution in [0.5, 0.6) is 0 Å². The number of rotatable bonds is 12. The molecule has 32 heavy (non-hydrogen) atoms. The van der Waals surface area contributed by atoms with Gasteiger partial charge in [0, 0.05) is 13.0 Å². The number of carboxylic acids is 1. The van der Waals surface area contributed by atoms with Crippen molar-refractivity contribution in [3.05, 3.63) is 0 Å². The molecule has 1 aliphatic heterocycles. The van der Waals surface area contributed by atoms with E-state index in [0.29, 0.717) is 25.8 Å². The molecule has 182 valence electrons. The third kappa shape index (κ3) is 7.47. The number of carbonyl (C=O) groups is 5. The molecule has 11 heteroatoms. The topological polar surface area (TPSA) is 185 Å². The predicted octanol–water partition coefficient (Wildman–Crippen LogP) is -0.673. The lowest BCUT2D eigenvalue weighted by atomic mass is 9.95. The highest BCUT2D eigenvalue weighted by Gasteiger charge is 2.40. The van der Waals surface area contributed by atoms with Crippen molar-refractivity contribution >= 4 is 29.6 Å². The van der Waals surface area contributed by atoms with E-state index < -0.39 is 53.8 Å². The molecule has 7 N–H and O–H groups in total. The van der Waals surface area contributed by atoms with Gasteiger partial charge in [0.2, 0.25) is 23.6 Å². The van der Waals surface area contributed by atoms with Crippen LogP contribution in [0.25, 0.3) is 0 Å². The number of primary amides is 1. The molecular formula is C21H37N5O6. The van der Waals surface area contributed by atoms with E-state index in [-0.39, 0.29) is 24.7 Å². The Morgan fingerprint density at radius 2 is 1.66 bits per heavy atom. The molecule has 0 aromatic rings. The van der Waals surface area contributed by atoms with Gasteiger partial charge in [-0.25, -0.2) is 4.79 Å². The Kier molecular flexibility index (Phi) is 10.6. The number of aliphatic carboxylic acids is 1. The highest BCUT2D eigenvalue weighted by atomic mass is 16.4. The molecule has 0 bridgehead atoms. The minimum Gasteiger partial charge on any atom is -0.480 e. The summed E-state index contributed by atoms with van der Waals surface area (Å²) in [5, 5.41) is 14.7. The van der Waals surface area contributed by atoms with Crippen LogP contribution in [0.2, 0.25) is 0 Å². The maximum Gasteiger partial charge on any atom is 0.326 e. The molecule has 0 aromatic carbocycles. The standard InChI is InChI=1S/C21H37N5O6/c1-5-12(4)17(20(30)26-10-6-7-14(26)21(31)32)25-19(29)16(11(2)3)24-18(28)13(22)8-9-15(23)27/h11-14,16-17H,5-10,22H2,1-4H3,(H2,23,27)(H,24,28)(H,25,29)(H,31,32). The maximum atomic E-state index is 13.2. The largest absolute Gasteiger partial charge is 0.480 e. The fourth-order valence-corrected chi connectivity index (χ4v) is 3.62. The smallest absolute Gasteiger partial charge is 0.326 e. The van der Waals surface area contributed by atoms with Crippen molar-refractivity contribution in [2.24, 2.45) is 23.3 Å². The Bertz CT molecular complexity index is 713. The second kappa shape index (κ2) is 12.4. The van der Waals surface area contributed by atoms with E-state index in [1.165, 1.54) is 4.90 Å². The van der Waals surface area contributed by atoms with Crippen molar-refractivity contribution in [2.45, 2.75) is 84.0 Å². The van der Waals surface area contributed by atoms with Gasteiger partial charge in [-0.05, 0) is 31.1 Å². The Morgan fingerprint density at radius 3 is 2.16 bits per heavy atom. The second-order valence-corrected chi connectivity index (χ2v) is 8.74. The molecule has 0 saturated carbocycles. The van der Waals surface area contributed by atoms with Gasteiger partial charge in [-0.3, -0.25) is 19.2 Å². The summed E-state index contributed by atoms with van der Waals surface area (Å²) in [6.07, 6.45) is 1.53. The summed E-state index contributed by atoms with van der Waals surface area (Å²) in [6, 6.07) is -3.80. The summed E-state index contributed by atoms with van der Waals surface area (Å²) in [6.45, 7) is 7.46. The Balaban J connectivity index is 2.96. The lowest BCUT2D eigenvalue weighted by Crippen LogP contribution is -2.59. The third-order valence-electron chi connectivity index (χ3n) is 5.88. The van der Waals surface area contributed by atoms with Crippen molar-refractivity contribution in [3.63, 3.8) is 0 Å². The van der Waals surface area contributed by atoms with Gasteiger partial charge in [0.05, 0.1) is 6.04 Å². The van der Waals surface area contributed by atoms with E-state index >= 15 is 0 Å². The molecular weight excluding hydrogens is 418 g/mol. The van der Waals surface area contributed by atoms with Crippen LogP contribution >= 0.6 is 0 Å². The number of nitrogens with one attached hydrogen (secondary N) is 2. The van der Waals surface area contributed by atoms with Gasteiger partial charge in [0.1, 0.15) is 18.1 Å². The Hall–Kier alpha value is -2.69. The molecule has 0 aromatic heterocycles. The average molecular weight is 456 g/mol. The van der Waals surface area contributed by atoms with Crippen LogP contribution < -0.4 is 22.1 Å². The van der Waals surface area contributed by atoms with Crippen molar-refractivity contribution in [1.82, 2.24) is 15.5 Å². The lowest BCUT2D eigenvalue weighted by molar-refractivity contribution is -0.150. The van der Waals surface area contributed by atoms with Gasteiger partial charge in [-0.1, -0.05) is 34.1 Å². The van der Waals surface area contributed by atoms with Gasteiger partial charge in [0.25, 0.3) is 0 Å². The Morgan fingerprint density at radius 1 is 1.06 bits per heavy atom. The molecule has 0 spiro atoms. The monoisotopic (exact) mass is 455 g/mol. The summed E-state index contributed by atoms with van der Waals surface area (Å²) in [4.78, 5) is 62.3. The molecule has 5 atom stereocenters. The van der Waals surface area contributed by atoms with Crippen LogP contribution in [0, 0.1) is 11.8 Å². The van der Waals surface area contributed by atoms with E-state index in [1.807, 2.05) is 6.92 Å². The van der Waals surface area contributed by atoms with Crippen molar-refractivity contribution in [1.29, 1.82) is 0 Å². The molecule has 11 nitrogen and oxygen atoms in total. The first-order valence-corrected chi connectivity index (χ1v) is 11.1. The number of nitrogens with two attached hydrogens (primary N) is 2. The summed E-state index contributed by atoms with van der Waals surface area (Å²) in [7, 11) is 0. The molecule has 0 radical (unpaired) electrons. The van der Waals surface area contributed by atoms with Gasteiger partial charge in [0.15, 0.2) is 0 Å². The summed E-state index contributed by atoms with van der Waals surface area (Å²) < 4.78 is 0. The number of carboxylic acid groups (broad SMARTS) is 1. The molecule has 1 heterocycles. The first-order valence-electron chi connectivity index (χ1n) is 11.1. The molecule has 1 saturated heterocycles. The average Bonchev–Trinajstić information content (AvgIpc) is 3.22. The normalized spacial score (nSPS) is 19.7. The minimum atomic E-state index is -1.07. The summed E-state index contributed by atoms with van der Waals surface area (Å²) in [5.41, 5.74) is 10.9. The van der Waals surface area contributed by atoms with E-state index in [2.05, 4.69) is 10.6 Å². The zero-order valence-corrected chi connectivity index (χ0v) is 19.3. The van der Waals surface area contributed by atoms with E-state index in [9.17, 15) is 29.1 Å². The van der Waals surface area contributed by atoms with Crippen LogP contribution in [0.4, 0.5) is 0 Å². The molecule has 0 aliphatic carbocycles. The molecule has 1 fully saturated rings. The predicted molar refractivity (Wildman–Crippen MR) is 117 cm³/mol. The number of nitrogens with zero attached hydrogens (tertiary/aromatic N) is 1. The van der Waals surface area contributed by atoms with Crippen LogP contribution in [0.3, 0.4) is 0 Å². The minimum absolute atomic E-state index is 0.0487. The summed E-state index contributed by atoms with van der Waals surface area (Å²) >= 11 is 0. The van der Waals surface area contributed by atoms with Crippen molar-refractivity contribution < 1.29 is 29.1 Å². The van der Waals surface area contributed by atoms with Gasteiger partial charge < -0.3 is 32.1 Å². The lowest BCUT2D eigenvalue weighted by Gasteiger charge is -2.32. The third-order valence-corrected chi connectivity index (χ3v) is 5.88.